The number of nitrogens with one attached hydrogen (secondary N) is 1. The zero-order chi connectivity index (χ0) is 21.5. The molecule has 1 aromatic rings. The highest BCUT2D eigenvalue weighted by Gasteiger charge is 2.28. The van der Waals surface area contributed by atoms with Crippen molar-refractivity contribution in [3.05, 3.63) is 35.4 Å². The minimum absolute atomic E-state index is 0.0862. The quantitative estimate of drug-likeness (QED) is 0.665. The standard InChI is InChI=1S/C23H31N3O4/c1-3-25(4-2)23(29)18-10-11-20-19(14-18)26(22(28)16-30-20)15-21(27)24-13-12-17-8-6-5-7-9-17/h8,10-11,14H,3-7,9,12-13,15-16H2,1-2H3,(H,24,27). The summed E-state index contributed by atoms with van der Waals surface area (Å²) in [6.45, 7) is 5.41. The van der Waals surface area contributed by atoms with E-state index in [1.807, 2.05) is 13.8 Å². The van der Waals surface area contributed by atoms with Gasteiger partial charge in [-0.25, -0.2) is 0 Å². The largest absolute Gasteiger partial charge is 0.482 e. The van der Waals surface area contributed by atoms with Gasteiger partial charge in [-0.2, -0.15) is 0 Å². The fourth-order valence-electron chi connectivity index (χ4n) is 3.90. The second-order valence-electron chi connectivity index (χ2n) is 7.64. The van der Waals surface area contributed by atoms with E-state index in [-0.39, 0.29) is 30.9 Å². The van der Waals surface area contributed by atoms with E-state index in [0.29, 0.717) is 36.6 Å². The molecule has 0 aromatic heterocycles. The fraction of sp³-hybridized carbons (Fsp3) is 0.522. The molecule has 1 aliphatic carbocycles. The van der Waals surface area contributed by atoms with Crippen molar-refractivity contribution in [3.63, 3.8) is 0 Å². The van der Waals surface area contributed by atoms with E-state index in [4.69, 9.17) is 4.74 Å². The molecule has 0 fully saturated rings. The summed E-state index contributed by atoms with van der Waals surface area (Å²) in [7, 11) is 0. The lowest BCUT2D eigenvalue weighted by Gasteiger charge is -2.29. The van der Waals surface area contributed by atoms with Crippen LogP contribution in [0.5, 0.6) is 5.75 Å². The summed E-state index contributed by atoms with van der Waals surface area (Å²) in [6, 6.07) is 5.04. The van der Waals surface area contributed by atoms with Crippen molar-refractivity contribution in [2.45, 2.75) is 46.0 Å². The van der Waals surface area contributed by atoms with Crippen molar-refractivity contribution in [1.29, 1.82) is 0 Å². The van der Waals surface area contributed by atoms with Crippen molar-refractivity contribution in [3.8, 4) is 5.75 Å². The number of anilines is 1. The third-order valence-corrected chi connectivity index (χ3v) is 5.65. The van der Waals surface area contributed by atoms with E-state index in [1.54, 1.807) is 23.1 Å². The Balaban J connectivity index is 1.67. The molecule has 0 saturated carbocycles. The predicted molar refractivity (Wildman–Crippen MR) is 116 cm³/mol. The lowest BCUT2D eigenvalue weighted by atomic mass is 9.97. The smallest absolute Gasteiger partial charge is 0.265 e. The molecule has 7 heteroatoms. The van der Waals surface area contributed by atoms with Crippen LogP contribution in [0.25, 0.3) is 0 Å². The minimum Gasteiger partial charge on any atom is -0.482 e. The maximum atomic E-state index is 12.7. The van der Waals surface area contributed by atoms with Crippen molar-refractivity contribution in [1.82, 2.24) is 10.2 Å². The van der Waals surface area contributed by atoms with Gasteiger partial charge in [0.25, 0.3) is 11.8 Å². The Morgan fingerprint density at radius 3 is 2.70 bits per heavy atom. The van der Waals surface area contributed by atoms with Crippen LogP contribution in [-0.4, -0.2) is 55.4 Å². The summed E-state index contributed by atoms with van der Waals surface area (Å²) in [5, 5.41) is 2.91. The number of carbonyl (C=O) groups excluding carboxylic acids is 3. The lowest BCUT2D eigenvalue weighted by molar-refractivity contribution is -0.125. The van der Waals surface area contributed by atoms with E-state index >= 15 is 0 Å². The molecule has 1 heterocycles. The van der Waals surface area contributed by atoms with Crippen molar-refractivity contribution in [2.24, 2.45) is 0 Å². The molecule has 3 amide bonds. The highest BCUT2D eigenvalue weighted by molar-refractivity contribution is 6.04. The number of benzene rings is 1. The van der Waals surface area contributed by atoms with Gasteiger partial charge in [-0.3, -0.25) is 19.3 Å². The van der Waals surface area contributed by atoms with Crippen molar-refractivity contribution >= 4 is 23.4 Å². The van der Waals surface area contributed by atoms with Crippen molar-refractivity contribution in [2.75, 3.05) is 37.7 Å². The molecule has 1 N–H and O–H groups in total. The number of rotatable bonds is 8. The third kappa shape index (κ3) is 5.20. The number of allylic oxidation sites excluding steroid dienone is 1. The monoisotopic (exact) mass is 413 g/mol. The molecule has 0 unspecified atom stereocenters. The SMILES string of the molecule is CCN(CC)C(=O)c1ccc2c(c1)N(CC(=O)NCCC1=CCCCC1)C(=O)CO2. The van der Waals surface area contributed by atoms with E-state index in [9.17, 15) is 14.4 Å². The normalized spacial score (nSPS) is 15.7. The fourth-order valence-corrected chi connectivity index (χ4v) is 3.90. The number of carbonyl (C=O) groups is 3. The van der Waals surface area contributed by atoms with E-state index in [0.717, 1.165) is 19.3 Å². The first-order valence-electron chi connectivity index (χ1n) is 10.8. The van der Waals surface area contributed by atoms with Crippen LogP contribution in [-0.2, 0) is 9.59 Å². The molecule has 162 valence electrons. The summed E-state index contributed by atoms with van der Waals surface area (Å²) in [4.78, 5) is 40.8. The first kappa shape index (κ1) is 21.9. The Morgan fingerprint density at radius 1 is 1.20 bits per heavy atom. The minimum atomic E-state index is -0.292. The number of fused-ring (bicyclic) bond motifs is 1. The molecule has 2 aliphatic rings. The Labute approximate surface area is 178 Å². The molecule has 1 aromatic carbocycles. The number of amides is 3. The second-order valence-corrected chi connectivity index (χ2v) is 7.64. The first-order chi connectivity index (χ1) is 14.5. The molecule has 0 saturated heterocycles. The van der Waals surface area contributed by atoms with E-state index < -0.39 is 0 Å². The molecule has 0 spiro atoms. The summed E-state index contributed by atoms with van der Waals surface area (Å²) < 4.78 is 5.50. The molecule has 7 nitrogen and oxygen atoms in total. The van der Waals surface area contributed by atoms with Crippen LogP contribution < -0.4 is 15.0 Å². The summed E-state index contributed by atoms with van der Waals surface area (Å²) in [5.74, 6) is -0.106. The highest BCUT2D eigenvalue weighted by Crippen LogP contribution is 2.33. The number of hydrogen-bond acceptors (Lipinski definition) is 4. The van der Waals surface area contributed by atoms with Crippen molar-refractivity contribution < 1.29 is 19.1 Å². The molecule has 30 heavy (non-hydrogen) atoms. The second kappa shape index (κ2) is 10.3. The van der Waals surface area contributed by atoms with Crippen LogP contribution in [0.3, 0.4) is 0 Å². The first-order valence-corrected chi connectivity index (χ1v) is 10.8. The zero-order valence-corrected chi connectivity index (χ0v) is 17.9. The number of nitrogens with zero attached hydrogens (tertiary/aromatic N) is 2. The molecular weight excluding hydrogens is 382 g/mol. The van der Waals surface area contributed by atoms with Crippen LogP contribution in [0.15, 0.2) is 29.8 Å². The molecule has 0 atom stereocenters. The van der Waals surface area contributed by atoms with Crippen LogP contribution >= 0.6 is 0 Å². The van der Waals surface area contributed by atoms with Crippen LogP contribution in [0, 0.1) is 0 Å². The Hall–Kier alpha value is -2.83. The molecule has 0 bridgehead atoms. The van der Waals surface area contributed by atoms with Gasteiger partial charge in [0.1, 0.15) is 12.3 Å². The maximum absolute atomic E-state index is 12.7. The molecule has 1 aliphatic heterocycles. The third-order valence-electron chi connectivity index (χ3n) is 5.65. The number of hydrogen-bond donors (Lipinski definition) is 1. The van der Waals surface area contributed by atoms with Gasteiger partial charge in [-0.05, 0) is 64.2 Å². The molecule has 0 radical (unpaired) electrons. The van der Waals surface area contributed by atoms with Gasteiger partial charge in [0.2, 0.25) is 5.91 Å². The van der Waals surface area contributed by atoms with Gasteiger partial charge in [-0.15, -0.1) is 0 Å². The van der Waals surface area contributed by atoms with Crippen LogP contribution in [0.2, 0.25) is 0 Å². The lowest BCUT2D eigenvalue weighted by Crippen LogP contribution is -2.45. The summed E-state index contributed by atoms with van der Waals surface area (Å²) >= 11 is 0. The molecule has 3 rings (SSSR count). The predicted octanol–water partition coefficient (Wildman–Crippen LogP) is 2.90. The van der Waals surface area contributed by atoms with Crippen LogP contribution in [0.1, 0.15) is 56.3 Å². The van der Waals surface area contributed by atoms with Gasteiger partial charge in [-0.1, -0.05) is 11.6 Å². The summed E-state index contributed by atoms with van der Waals surface area (Å²) in [6.07, 6.45) is 7.81. The maximum Gasteiger partial charge on any atom is 0.265 e. The van der Waals surface area contributed by atoms with E-state index in [2.05, 4.69) is 11.4 Å². The Morgan fingerprint density at radius 2 is 2.00 bits per heavy atom. The Bertz CT molecular complexity index is 830. The topological polar surface area (TPSA) is 79.0 Å². The van der Waals surface area contributed by atoms with Gasteiger partial charge >= 0.3 is 0 Å². The number of ether oxygens (including phenoxy) is 1. The average Bonchev–Trinajstić information content (AvgIpc) is 2.77. The van der Waals surface area contributed by atoms with Gasteiger partial charge < -0.3 is 15.0 Å². The van der Waals surface area contributed by atoms with Gasteiger partial charge in [0.05, 0.1) is 5.69 Å². The van der Waals surface area contributed by atoms with Crippen LogP contribution in [0.4, 0.5) is 5.69 Å². The average molecular weight is 414 g/mol. The summed E-state index contributed by atoms with van der Waals surface area (Å²) in [5.41, 5.74) is 2.34. The Kier molecular flexibility index (Phi) is 7.49. The van der Waals surface area contributed by atoms with Gasteiger partial charge in [0, 0.05) is 25.2 Å². The van der Waals surface area contributed by atoms with E-state index in [1.165, 1.54) is 23.3 Å². The molecular formula is C23H31N3O4. The van der Waals surface area contributed by atoms with Gasteiger partial charge in [0.15, 0.2) is 6.61 Å². The highest BCUT2D eigenvalue weighted by atomic mass is 16.5. The zero-order valence-electron chi connectivity index (χ0n) is 17.9.